The minimum absolute atomic E-state index is 0.184. The third-order valence-electron chi connectivity index (χ3n) is 2.27. The normalized spacial score (nSPS) is 31.3. The molecule has 1 heterocycles. The molecule has 1 rings (SSSR count). The molecule has 4 nitrogen and oxygen atoms in total. The highest BCUT2D eigenvalue weighted by atomic mass is 16.4. The molecule has 2 atom stereocenters. The maximum absolute atomic E-state index is 10.7. The van der Waals surface area contributed by atoms with Crippen molar-refractivity contribution < 1.29 is 15.0 Å². The molecule has 0 aliphatic carbocycles. The Balaban J connectivity index is 2.65. The van der Waals surface area contributed by atoms with Crippen molar-refractivity contribution in [2.24, 2.45) is 0 Å². The second-order valence-electron chi connectivity index (χ2n) is 3.53. The van der Waals surface area contributed by atoms with E-state index in [0.29, 0.717) is 13.0 Å². The summed E-state index contributed by atoms with van der Waals surface area (Å²) in [5.74, 6) is -0.833. The Kier molecular flexibility index (Phi) is 2.69. The number of hydrogen-bond acceptors (Lipinski definition) is 3. The predicted molar refractivity (Wildman–Crippen MR) is 43.9 cm³/mol. The topological polar surface area (TPSA) is 60.8 Å². The molecule has 0 aromatic rings. The minimum atomic E-state index is -0.833. The van der Waals surface area contributed by atoms with Gasteiger partial charge < -0.3 is 10.2 Å². The summed E-state index contributed by atoms with van der Waals surface area (Å²) in [7, 11) is 0. The summed E-state index contributed by atoms with van der Waals surface area (Å²) in [6.45, 7) is 4.36. The zero-order valence-corrected chi connectivity index (χ0v) is 7.40. The fourth-order valence-corrected chi connectivity index (χ4v) is 1.65. The number of hydrogen-bond donors (Lipinski definition) is 2. The van der Waals surface area contributed by atoms with Gasteiger partial charge in [0.1, 0.15) is 6.04 Å². The molecule has 0 aromatic heterocycles. The number of aliphatic hydroxyl groups excluding tert-OH is 1. The van der Waals surface area contributed by atoms with E-state index in [-0.39, 0.29) is 6.04 Å². The van der Waals surface area contributed by atoms with Crippen molar-refractivity contribution in [3.8, 4) is 0 Å². The number of nitrogens with zero attached hydrogens (tertiary/aromatic N) is 1. The highest BCUT2D eigenvalue weighted by Gasteiger charge is 2.36. The Morgan fingerprint density at radius 1 is 1.58 bits per heavy atom. The van der Waals surface area contributed by atoms with Crippen LogP contribution in [0.15, 0.2) is 0 Å². The maximum Gasteiger partial charge on any atom is 0.321 e. The zero-order chi connectivity index (χ0) is 9.30. The van der Waals surface area contributed by atoms with Gasteiger partial charge in [-0.2, -0.15) is 0 Å². The maximum atomic E-state index is 10.7. The summed E-state index contributed by atoms with van der Waals surface area (Å²) in [5, 5.41) is 18.1. The lowest BCUT2D eigenvalue weighted by molar-refractivity contribution is -0.142. The number of carbonyl (C=O) groups is 1. The molecule has 0 aromatic carbocycles. The molecule has 0 unspecified atom stereocenters. The van der Waals surface area contributed by atoms with Gasteiger partial charge in [0.15, 0.2) is 0 Å². The van der Waals surface area contributed by atoms with Gasteiger partial charge >= 0.3 is 5.97 Å². The first-order valence-corrected chi connectivity index (χ1v) is 4.19. The Morgan fingerprint density at radius 2 is 2.17 bits per heavy atom. The number of aliphatic carboxylic acids is 1. The van der Waals surface area contributed by atoms with Crippen LogP contribution < -0.4 is 0 Å². The van der Waals surface area contributed by atoms with Crippen molar-refractivity contribution in [2.45, 2.75) is 38.5 Å². The minimum Gasteiger partial charge on any atom is -0.480 e. The van der Waals surface area contributed by atoms with E-state index in [9.17, 15) is 9.90 Å². The molecule has 0 amide bonds. The van der Waals surface area contributed by atoms with Crippen LogP contribution in [0.4, 0.5) is 0 Å². The molecule has 1 fully saturated rings. The monoisotopic (exact) mass is 173 g/mol. The summed E-state index contributed by atoms with van der Waals surface area (Å²) >= 11 is 0. The van der Waals surface area contributed by atoms with E-state index in [0.717, 1.165) is 0 Å². The van der Waals surface area contributed by atoms with Crippen LogP contribution in [0.2, 0.25) is 0 Å². The molecule has 0 bridgehead atoms. The first-order chi connectivity index (χ1) is 5.52. The van der Waals surface area contributed by atoms with Crippen molar-refractivity contribution in [3.63, 3.8) is 0 Å². The van der Waals surface area contributed by atoms with E-state index >= 15 is 0 Å². The van der Waals surface area contributed by atoms with E-state index < -0.39 is 18.1 Å². The average molecular weight is 173 g/mol. The van der Waals surface area contributed by atoms with Crippen molar-refractivity contribution in [1.82, 2.24) is 4.90 Å². The van der Waals surface area contributed by atoms with E-state index in [2.05, 4.69) is 0 Å². The number of β-amino-alcohol motifs (C(OH)–C–C–N with tert-alkyl or cyclic N) is 1. The van der Waals surface area contributed by atoms with Crippen LogP contribution in [0.25, 0.3) is 0 Å². The lowest BCUT2D eigenvalue weighted by Crippen LogP contribution is -2.40. The molecule has 2 N–H and O–H groups in total. The van der Waals surface area contributed by atoms with Gasteiger partial charge in [0, 0.05) is 19.0 Å². The standard InChI is InChI=1S/C8H15NO3/c1-5(2)9-4-6(10)3-7(9)8(11)12/h5-7,10H,3-4H2,1-2H3,(H,11,12)/t6-,7+/m1/s1. The van der Waals surface area contributed by atoms with Gasteiger partial charge in [-0.25, -0.2) is 0 Å². The van der Waals surface area contributed by atoms with Gasteiger partial charge in [-0.05, 0) is 13.8 Å². The molecule has 0 radical (unpaired) electrons. The highest BCUT2D eigenvalue weighted by Crippen LogP contribution is 2.20. The van der Waals surface area contributed by atoms with E-state index in [4.69, 9.17) is 5.11 Å². The Labute approximate surface area is 71.8 Å². The quantitative estimate of drug-likeness (QED) is 0.613. The molecule has 1 aliphatic rings. The number of rotatable bonds is 2. The Morgan fingerprint density at radius 3 is 2.50 bits per heavy atom. The Hall–Kier alpha value is -0.610. The van der Waals surface area contributed by atoms with Gasteiger partial charge in [-0.3, -0.25) is 9.69 Å². The van der Waals surface area contributed by atoms with Crippen LogP contribution in [-0.2, 0) is 4.79 Å². The van der Waals surface area contributed by atoms with Crippen molar-refractivity contribution in [2.75, 3.05) is 6.54 Å². The third-order valence-corrected chi connectivity index (χ3v) is 2.27. The van der Waals surface area contributed by atoms with Crippen molar-refractivity contribution in [3.05, 3.63) is 0 Å². The molecule has 0 spiro atoms. The molecule has 4 heteroatoms. The van der Waals surface area contributed by atoms with Crippen LogP contribution in [-0.4, -0.2) is 45.8 Å². The predicted octanol–water partition coefficient (Wildman–Crippen LogP) is -0.0854. The number of carboxylic acid groups (broad SMARTS) is 1. The summed E-state index contributed by atoms with van der Waals surface area (Å²) in [6.07, 6.45) is -0.124. The van der Waals surface area contributed by atoms with E-state index in [1.807, 2.05) is 18.7 Å². The van der Waals surface area contributed by atoms with Crippen molar-refractivity contribution in [1.29, 1.82) is 0 Å². The molecule has 0 saturated carbocycles. The fraction of sp³-hybridized carbons (Fsp3) is 0.875. The van der Waals surface area contributed by atoms with Gasteiger partial charge in [0.25, 0.3) is 0 Å². The SMILES string of the molecule is CC(C)N1C[C@H](O)C[C@H]1C(=O)O. The largest absolute Gasteiger partial charge is 0.480 e. The lowest BCUT2D eigenvalue weighted by atomic mass is 10.2. The summed E-state index contributed by atoms with van der Waals surface area (Å²) < 4.78 is 0. The second kappa shape index (κ2) is 3.41. The van der Waals surface area contributed by atoms with Crippen LogP contribution in [0.3, 0.4) is 0 Å². The van der Waals surface area contributed by atoms with Crippen LogP contribution in [0.1, 0.15) is 20.3 Å². The summed E-state index contributed by atoms with van der Waals surface area (Å²) in [4.78, 5) is 12.5. The number of aliphatic hydroxyl groups is 1. The van der Waals surface area contributed by atoms with Gasteiger partial charge in [-0.15, -0.1) is 0 Å². The van der Waals surface area contributed by atoms with Crippen LogP contribution >= 0.6 is 0 Å². The molecule has 1 aliphatic heterocycles. The third kappa shape index (κ3) is 1.76. The smallest absolute Gasteiger partial charge is 0.321 e. The molecule has 70 valence electrons. The van der Waals surface area contributed by atoms with Crippen molar-refractivity contribution >= 4 is 5.97 Å². The summed E-state index contributed by atoms with van der Waals surface area (Å²) in [6, 6.07) is -0.316. The first kappa shape index (κ1) is 9.48. The molecule has 12 heavy (non-hydrogen) atoms. The second-order valence-corrected chi connectivity index (χ2v) is 3.53. The number of carboxylic acids is 1. The van der Waals surface area contributed by atoms with Gasteiger partial charge in [0.2, 0.25) is 0 Å². The fourth-order valence-electron chi connectivity index (χ4n) is 1.65. The van der Waals surface area contributed by atoms with E-state index in [1.54, 1.807) is 0 Å². The van der Waals surface area contributed by atoms with Crippen LogP contribution in [0.5, 0.6) is 0 Å². The van der Waals surface area contributed by atoms with Crippen LogP contribution in [0, 0.1) is 0 Å². The molecular formula is C8H15NO3. The van der Waals surface area contributed by atoms with E-state index in [1.165, 1.54) is 0 Å². The van der Waals surface area contributed by atoms with Gasteiger partial charge in [0.05, 0.1) is 6.10 Å². The Bertz CT molecular complexity index is 181. The molecule has 1 saturated heterocycles. The average Bonchev–Trinajstić information content (AvgIpc) is 2.31. The zero-order valence-electron chi connectivity index (χ0n) is 7.40. The number of likely N-dealkylation sites (tertiary alicyclic amines) is 1. The van der Waals surface area contributed by atoms with Gasteiger partial charge in [-0.1, -0.05) is 0 Å². The highest BCUT2D eigenvalue weighted by molar-refractivity contribution is 5.74. The first-order valence-electron chi connectivity index (χ1n) is 4.19. The summed E-state index contributed by atoms with van der Waals surface area (Å²) in [5.41, 5.74) is 0. The molecular weight excluding hydrogens is 158 g/mol. The lowest BCUT2D eigenvalue weighted by Gasteiger charge is -2.24.